The Balaban J connectivity index is 2.25. The minimum absolute atomic E-state index is 0.0498. The van der Waals surface area contributed by atoms with E-state index in [-0.39, 0.29) is 13.2 Å². The van der Waals surface area contributed by atoms with Crippen molar-refractivity contribution in [2.24, 2.45) is 5.92 Å². The summed E-state index contributed by atoms with van der Waals surface area (Å²) in [5.41, 5.74) is 0. The first-order valence-corrected chi connectivity index (χ1v) is 5.46. The van der Waals surface area contributed by atoms with Gasteiger partial charge in [0.2, 0.25) is 0 Å². The van der Waals surface area contributed by atoms with E-state index in [0.717, 1.165) is 0 Å². The molecule has 0 radical (unpaired) electrons. The zero-order valence-electron chi connectivity index (χ0n) is 9.89. The van der Waals surface area contributed by atoms with Gasteiger partial charge in [0.15, 0.2) is 5.92 Å². The van der Waals surface area contributed by atoms with Gasteiger partial charge in [-0.25, -0.2) is 0 Å². The van der Waals surface area contributed by atoms with Gasteiger partial charge >= 0.3 is 12.1 Å². The van der Waals surface area contributed by atoms with Crippen molar-refractivity contribution in [1.29, 1.82) is 0 Å². The smallest absolute Gasteiger partial charge is 0.404 e. The molecule has 0 aliphatic carbocycles. The normalized spacial score (nSPS) is 13.0. The van der Waals surface area contributed by atoms with Crippen molar-refractivity contribution >= 4 is 5.97 Å². The lowest BCUT2D eigenvalue weighted by atomic mass is 10.1. The SMILES string of the molecule is O=C(O)C(COCCOc1ccccc1)C(F)(F)F. The van der Waals surface area contributed by atoms with Gasteiger partial charge < -0.3 is 14.6 Å². The topological polar surface area (TPSA) is 55.8 Å². The van der Waals surface area contributed by atoms with Crippen molar-refractivity contribution in [3.63, 3.8) is 0 Å². The molecule has 106 valence electrons. The molecule has 1 unspecified atom stereocenters. The fourth-order valence-electron chi connectivity index (χ4n) is 1.24. The fraction of sp³-hybridized carbons (Fsp3) is 0.417. The number of ether oxygens (including phenoxy) is 2. The van der Waals surface area contributed by atoms with Gasteiger partial charge in [0.1, 0.15) is 12.4 Å². The van der Waals surface area contributed by atoms with Crippen LogP contribution in [0.5, 0.6) is 5.75 Å². The summed E-state index contributed by atoms with van der Waals surface area (Å²) in [6, 6.07) is 8.68. The fourth-order valence-corrected chi connectivity index (χ4v) is 1.24. The van der Waals surface area contributed by atoms with Gasteiger partial charge in [-0.05, 0) is 12.1 Å². The second-order valence-corrected chi connectivity index (χ2v) is 3.67. The first kappa shape index (κ1) is 15.3. The van der Waals surface area contributed by atoms with Crippen LogP contribution in [0.3, 0.4) is 0 Å². The number of aliphatic carboxylic acids is 1. The summed E-state index contributed by atoms with van der Waals surface area (Å²) in [4.78, 5) is 10.4. The molecular weight excluding hydrogens is 265 g/mol. The molecule has 4 nitrogen and oxygen atoms in total. The lowest BCUT2D eigenvalue weighted by Gasteiger charge is -2.16. The van der Waals surface area contributed by atoms with Gasteiger partial charge in [-0.2, -0.15) is 13.2 Å². The second kappa shape index (κ2) is 6.98. The molecule has 0 aromatic heterocycles. The highest BCUT2D eigenvalue weighted by atomic mass is 19.4. The van der Waals surface area contributed by atoms with Crippen LogP contribution in [0.4, 0.5) is 13.2 Å². The summed E-state index contributed by atoms with van der Waals surface area (Å²) in [5, 5.41) is 8.41. The van der Waals surface area contributed by atoms with Crippen LogP contribution in [0.1, 0.15) is 0 Å². The molecule has 0 spiro atoms. The lowest BCUT2D eigenvalue weighted by Crippen LogP contribution is -2.34. The summed E-state index contributed by atoms with van der Waals surface area (Å²) >= 11 is 0. The third-order valence-corrected chi connectivity index (χ3v) is 2.22. The number of halogens is 3. The molecule has 0 fully saturated rings. The maximum absolute atomic E-state index is 12.3. The van der Waals surface area contributed by atoms with E-state index in [1.807, 2.05) is 0 Å². The Morgan fingerprint density at radius 2 is 1.84 bits per heavy atom. The molecule has 0 saturated heterocycles. The van der Waals surface area contributed by atoms with E-state index in [1.54, 1.807) is 30.3 Å². The number of alkyl halides is 3. The van der Waals surface area contributed by atoms with E-state index in [0.29, 0.717) is 5.75 Å². The minimum atomic E-state index is -4.81. The van der Waals surface area contributed by atoms with Crippen LogP contribution in [-0.4, -0.2) is 37.1 Å². The highest BCUT2D eigenvalue weighted by molar-refractivity contribution is 5.71. The van der Waals surface area contributed by atoms with Gasteiger partial charge in [-0.15, -0.1) is 0 Å². The average Bonchev–Trinajstić information content (AvgIpc) is 2.32. The van der Waals surface area contributed by atoms with Crippen LogP contribution in [0.2, 0.25) is 0 Å². The van der Waals surface area contributed by atoms with Crippen LogP contribution in [0.15, 0.2) is 30.3 Å². The van der Waals surface area contributed by atoms with Crippen LogP contribution in [0, 0.1) is 5.92 Å². The van der Waals surface area contributed by atoms with Crippen LogP contribution >= 0.6 is 0 Å². The average molecular weight is 278 g/mol. The van der Waals surface area contributed by atoms with Crippen LogP contribution in [0.25, 0.3) is 0 Å². The molecule has 7 heteroatoms. The molecule has 1 aromatic carbocycles. The van der Waals surface area contributed by atoms with Crippen LogP contribution < -0.4 is 4.74 Å². The van der Waals surface area contributed by atoms with Gasteiger partial charge in [0.25, 0.3) is 0 Å². The molecule has 1 rings (SSSR count). The maximum Gasteiger partial charge on any atom is 0.404 e. The number of hydrogen-bond acceptors (Lipinski definition) is 3. The molecule has 19 heavy (non-hydrogen) atoms. The van der Waals surface area contributed by atoms with Gasteiger partial charge in [-0.1, -0.05) is 18.2 Å². The molecule has 0 saturated carbocycles. The Morgan fingerprint density at radius 3 is 2.37 bits per heavy atom. The molecule has 1 atom stereocenters. The molecule has 0 heterocycles. The molecule has 0 aliphatic rings. The number of para-hydroxylation sites is 1. The highest BCUT2D eigenvalue weighted by Gasteiger charge is 2.45. The Bertz CT molecular complexity index is 392. The van der Waals surface area contributed by atoms with E-state index in [4.69, 9.17) is 9.84 Å². The Labute approximate surface area is 107 Å². The third kappa shape index (κ3) is 5.60. The summed E-state index contributed by atoms with van der Waals surface area (Å²) < 4.78 is 46.6. The first-order chi connectivity index (χ1) is 8.91. The van der Waals surface area contributed by atoms with Crippen molar-refractivity contribution < 1.29 is 32.5 Å². The van der Waals surface area contributed by atoms with E-state index in [2.05, 4.69) is 4.74 Å². The van der Waals surface area contributed by atoms with Crippen molar-refractivity contribution in [1.82, 2.24) is 0 Å². The zero-order valence-corrected chi connectivity index (χ0v) is 9.89. The number of benzene rings is 1. The Kier molecular flexibility index (Phi) is 5.62. The predicted molar refractivity (Wildman–Crippen MR) is 59.9 cm³/mol. The predicted octanol–water partition coefficient (Wildman–Crippen LogP) is 2.35. The number of hydrogen-bond donors (Lipinski definition) is 1. The molecular formula is C12H13F3O4. The Hall–Kier alpha value is -1.76. The number of rotatable bonds is 7. The van der Waals surface area contributed by atoms with Crippen molar-refractivity contribution in [2.75, 3.05) is 19.8 Å². The standard InChI is InChI=1S/C12H13F3O4/c13-12(14,15)10(11(16)17)8-18-6-7-19-9-4-2-1-3-5-9/h1-5,10H,6-8H2,(H,16,17). The first-order valence-electron chi connectivity index (χ1n) is 5.46. The Morgan fingerprint density at radius 1 is 1.21 bits per heavy atom. The molecule has 0 amide bonds. The quantitative estimate of drug-likeness (QED) is 0.778. The monoisotopic (exact) mass is 278 g/mol. The van der Waals surface area contributed by atoms with Crippen molar-refractivity contribution in [3.05, 3.63) is 30.3 Å². The third-order valence-electron chi connectivity index (χ3n) is 2.22. The largest absolute Gasteiger partial charge is 0.491 e. The minimum Gasteiger partial charge on any atom is -0.491 e. The van der Waals surface area contributed by atoms with E-state index in [9.17, 15) is 18.0 Å². The molecule has 1 aromatic rings. The van der Waals surface area contributed by atoms with Gasteiger partial charge in [0.05, 0.1) is 13.2 Å². The van der Waals surface area contributed by atoms with Crippen molar-refractivity contribution in [3.8, 4) is 5.75 Å². The van der Waals surface area contributed by atoms with E-state index < -0.39 is 24.7 Å². The molecule has 0 aliphatic heterocycles. The van der Waals surface area contributed by atoms with Gasteiger partial charge in [0, 0.05) is 0 Å². The highest BCUT2D eigenvalue weighted by Crippen LogP contribution is 2.26. The summed E-state index contributed by atoms with van der Waals surface area (Å²) in [7, 11) is 0. The number of carboxylic acids is 1. The summed E-state index contributed by atoms with van der Waals surface area (Å²) in [6.45, 7) is -0.986. The maximum atomic E-state index is 12.3. The molecule has 1 N–H and O–H groups in total. The van der Waals surface area contributed by atoms with Crippen LogP contribution in [-0.2, 0) is 9.53 Å². The van der Waals surface area contributed by atoms with E-state index in [1.165, 1.54) is 0 Å². The summed E-state index contributed by atoms with van der Waals surface area (Å²) in [5.74, 6) is -3.89. The number of carbonyl (C=O) groups is 1. The second-order valence-electron chi connectivity index (χ2n) is 3.67. The molecule has 0 bridgehead atoms. The van der Waals surface area contributed by atoms with E-state index >= 15 is 0 Å². The number of carboxylic acid groups (broad SMARTS) is 1. The summed E-state index contributed by atoms with van der Waals surface area (Å²) in [6.07, 6.45) is -4.81. The van der Waals surface area contributed by atoms with Crippen molar-refractivity contribution in [2.45, 2.75) is 6.18 Å². The van der Waals surface area contributed by atoms with Gasteiger partial charge in [-0.3, -0.25) is 4.79 Å². The lowest BCUT2D eigenvalue weighted by molar-refractivity contribution is -0.203. The zero-order chi connectivity index (χ0) is 14.3.